The van der Waals surface area contributed by atoms with Crippen LogP contribution in [0.3, 0.4) is 0 Å². The number of alkyl carbamates (subject to hydrolysis) is 1. The third-order valence-corrected chi connectivity index (χ3v) is 4.58. The van der Waals surface area contributed by atoms with E-state index in [0.717, 1.165) is 12.8 Å². The maximum Gasteiger partial charge on any atom is 0.407 e. The molecule has 0 bridgehead atoms. The molecule has 0 unspecified atom stereocenters. The fraction of sp³-hybridized carbons (Fsp3) is 0.562. The Kier molecular flexibility index (Phi) is 4.36. The van der Waals surface area contributed by atoms with Gasteiger partial charge in [0.15, 0.2) is 0 Å². The number of carbonyl (C=O) groups is 2. The number of ether oxygens (including phenoxy) is 1. The van der Waals surface area contributed by atoms with Gasteiger partial charge in [-0.25, -0.2) is 4.79 Å². The van der Waals surface area contributed by atoms with E-state index in [1.165, 1.54) is 6.07 Å². The largest absolute Gasteiger partial charge is 0.441 e. The van der Waals surface area contributed by atoms with Crippen molar-refractivity contribution in [2.24, 2.45) is 0 Å². The number of hydrogen-bond acceptors (Lipinski definition) is 4. The molecule has 124 valence electrons. The van der Waals surface area contributed by atoms with E-state index in [9.17, 15) is 14.4 Å². The summed E-state index contributed by atoms with van der Waals surface area (Å²) in [5.74, 6) is 0.0371. The Morgan fingerprint density at radius 2 is 2.13 bits per heavy atom. The number of pyridine rings is 1. The number of hydrogen-bond donors (Lipinski definition) is 1. The molecule has 1 aromatic heterocycles. The van der Waals surface area contributed by atoms with Gasteiger partial charge < -0.3 is 19.5 Å². The van der Waals surface area contributed by atoms with Crippen LogP contribution in [0.1, 0.15) is 25.7 Å². The highest BCUT2D eigenvalue weighted by molar-refractivity contribution is 5.76. The molecule has 7 heteroatoms. The van der Waals surface area contributed by atoms with Crippen molar-refractivity contribution in [2.75, 3.05) is 19.6 Å². The summed E-state index contributed by atoms with van der Waals surface area (Å²) in [4.78, 5) is 37.1. The molecule has 2 amide bonds. The van der Waals surface area contributed by atoms with E-state index in [4.69, 9.17) is 4.74 Å². The lowest BCUT2D eigenvalue weighted by molar-refractivity contribution is -0.131. The first kappa shape index (κ1) is 15.6. The topological polar surface area (TPSA) is 80.6 Å². The molecule has 1 spiro atoms. The van der Waals surface area contributed by atoms with Crippen LogP contribution in [0.2, 0.25) is 0 Å². The Morgan fingerprint density at radius 1 is 1.26 bits per heavy atom. The summed E-state index contributed by atoms with van der Waals surface area (Å²) < 4.78 is 6.95. The molecular formula is C16H21N3O4. The monoisotopic (exact) mass is 319 g/mol. The summed E-state index contributed by atoms with van der Waals surface area (Å²) in [6, 6.07) is 4.95. The van der Waals surface area contributed by atoms with Gasteiger partial charge in [-0.2, -0.15) is 0 Å². The van der Waals surface area contributed by atoms with Gasteiger partial charge in [0, 0.05) is 44.7 Å². The SMILES string of the molecule is O=C1NC[C@@]2(CCCN(C(=O)CCn3ccccc3=O)CC2)O1. The van der Waals surface area contributed by atoms with Crippen molar-refractivity contribution in [1.82, 2.24) is 14.8 Å². The first-order valence-electron chi connectivity index (χ1n) is 7.98. The van der Waals surface area contributed by atoms with Crippen LogP contribution in [0.15, 0.2) is 29.2 Å². The van der Waals surface area contributed by atoms with Gasteiger partial charge in [0.05, 0.1) is 6.54 Å². The molecule has 0 aliphatic carbocycles. The number of aromatic nitrogens is 1. The standard InChI is InChI=1S/C16H21N3O4/c20-13-4-1-2-8-18(13)10-5-14(21)19-9-3-6-16(7-11-19)12-17-15(22)23-16/h1-2,4,8H,3,5-7,9-12H2,(H,17,22)/t16-/m0/s1. The van der Waals surface area contributed by atoms with Crippen LogP contribution < -0.4 is 10.9 Å². The molecule has 0 radical (unpaired) electrons. The quantitative estimate of drug-likeness (QED) is 0.890. The van der Waals surface area contributed by atoms with E-state index in [-0.39, 0.29) is 17.6 Å². The maximum absolute atomic E-state index is 12.4. The maximum atomic E-state index is 12.4. The van der Waals surface area contributed by atoms with Gasteiger partial charge in [0.2, 0.25) is 5.91 Å². The fourth-order valence-corrected chi connectivity index (χ4v) is 3.22. The van der Waals surface area contributed by atoms with Crippen LogP contribution in [-0.2, 0) is 16.1 Å². The van der Waals surface area contributed by atoms with E-state index in [1.54, 1.807) is 22.9 Å². The lowest BCUT2D eigenvalue weighted by Crippen LogP contribution is -2.37. The lowest BCUT2D eigenvalue weighted by Gasteiger charge is -2.25. The highest BCUT2D eigenvalue weighted by atomic mass is 16.6. The van der Waals surface area contributed by atoms with E-state index < -0.39 is 5.60 Å². The summed E-state index contributed by atoms with van der Waals surface area (Å²) in [5.41, 5.74) is -0.554. The van der Waals surface area contributed by atoms with Crippen molar-refractivity contribution in [3.8, 4) is 0 Å². The van der Waals surface area contributed by atoms with Crippen molar-refractivity contribution in [3.63, 3.8) is 0 Å². The van der Waals surface area contributed by atoms with Gasteiger partial charge in [0.1, 0.15) is 5.60 Å². The van der Waals surface area contributed by atoms with Crippen molar-refractivity contribution in [2.45, 2.75) is 37.8 Å². The predicted molar refractivity (Wildman–Crippen MR) is 83.0 cm³/mol. The highest BCUT2D eigenvalue weighted by Gasteiger charge is 2.41. The fourth-order valence-electron chi connectivity index (χ4n) is 3.22. The van der Waals surface area contributed by atoms with E-state index in [2.05, 4.69) is 5.32 Å². The third-order valence-electron chi connectivity index (χ3n) is 4.58. The number of nitrogens with zero attached hydrogens (tertiary/aromatic N) is 2. The van der Waals surface area contributed by atoms with Crippen molar-refractivity contribution in [3.05, 3.63) is 34.7 Å². The molecule has 2 saturated heterocycles. The summed E-state index contributed by atoms with van der Waals surface area (Å²) >= 11 is 0. The van der Waals surface area contributed by atoms with Gasteiger partial charge in [-0.05, 0) is 18.9 Å². The molecule has 0 aromatic carbocycles. The number of carbonyl (C=O) groups excluding carboxylic acids is 2. The van der Waals surface area contributed by atoms with Gasteiger partial charge in [-0.3, -0.25) is 9.59 Å². The second-order valence-electron chi connectivity index (χ2n) is 6.14. The van der Waals surface area contributed by atoms with Crippen LogP contribution in [-0.4, -0.2) is 46.7 Å². The smallest absolute Gasteiger partial charge is 0.407 e. The minimum absolute atomic E-state index is 0.0371. The molecule has 2 fully saturated rings. The van der Waals surface area contributed by atoms with Crippen LogP contribution in [0.4, 0.5) is 4.79 Å². The Labute approximate surface area is 134 Å². The Morgan fingerprint density at radius 3 is 2.87 bits per heavy atom. The molecule has 3 rings (SSSR count). The normalized spacial score (nSPS) is 24.2. The number of nitrogens with one attached hydrogen (secondary N) is 1. The van der Waals surface area contributed by atoms with E-state index >= 15 is 0 Å². The van der Waals surface area contributed by atoms with Gasteiger partial charge in [0.25, 0.3) is 5.56 Å². The Bertz CT molecular complexity index is 657. The Hall–Kier alpha value is -2.31. The number of amides is 2. The van der Waals surface area contributed by atoms with Crippen LogP contribution in [0, 0.1) is 0 Å². The summed E-state index contributed by atoms with van der Waals surface area (Å²) in [6.45, 7) is 2.16. The van der Waals surface area contributed by atoms with Gasteiger partial charge in [-0.15, -0.1) is 0 Å². The van der Waals surface area contributed by atoms with E-state index in [1.807, 2.05) is 4.90 Å². The first-order valence-corrected chi connectivity index (χ1v) is 7.98. The number of rotatable bonds is 3. The Balaban J connectivity index is 1.55. The minimum Gasteiger partial charge on any atom is -0.441 e. The first-order chi connectivity index (χ1) is 11.1. The van der Waals surface area contributed by atoms with E-state index in [0.29, 0.717) is 39.0 Å². The van der Waals surface area contributed by atoms with Crippen molar-refractivity contribution >= 4 is 12.0 Å². The molecule has 0 saturated carbocycles. The zero-order chi connectivity index (χ0) is 16.3. The predicted octanol–water partition coefficient (Wildman–Crippen LogP) is 0.729. The number of likely N-dealkylation sites (tertiary alicyclic amines) is 1. The van der Waals surface area contributed by atoms with Gasteiger partial charge >= 0.3 is 6.09 Å². The average Bonchev–Trinajstić information content (AvgIpc) is 2.78. The van der Waals surface area contributed by atoms with Crippen LogP contribution in [0.25, 0.3) is 0 Å². The lowest BCUT2D eigenvalue weighted by atomic mass is 9.95. The zero-order valence-electron chi connectivity index (χ0n) is 13.0. The zero-order valence-corrected chi connectivity index (χ0v) is 13.0. The third kappa shape index (κ3) is 3.55. The molecule has 1 atom stereocenters. The van der Waals surface area contributed by atoms with Gasteiger partial charge in [-0.1, -0.05) is 6.07 Å². The van der Waals surface area contributed by atoms with Crippen molar-refractivity contribution < 1.29 is 14.3 Å². The summed E-state index contributed by atoms with van der Waals surface area (Å²) in [7, 11) is 0. The molecular weight excluding hydrogens is 298 g/mol. The molecule has 3 heterocycles. The second kappa shape index (κ2) is 6.44. The summed E-state index contributed by atoms with van der Waals surface area (Å²) in [5, 5.41) is 2.70. The van der Waals surface area contributed by atoms with Crippen LogP contribution >= 0.6 is 0 Å². The minimum atomic E-state index is -0.456. The highest BCUT2D eigenvalue weighted by Crippen LogP contribution is 2.29. The molecule has 7 nitrogen and oxygen atoms in total. The summed E-state index contributed by atoms with van der Waals surface area (Å²) in [6.07, 6.45) is 3.86. The average molecular weight is 319 g/mol. The molecule has 1 N–H and O–H groups in total. The van der Waals surface area contributed by atoms with Crippen molar-refractivity contribution in [1.29, 1.82) is 0 Å². The number of aryl methyl sites for hydroxylation is 1. The van der Waals surface area contributed by atoms with Crippen LogP contribution in [0.5, 0.6) is 0 Å². The molecule has 23 heavy (non-hydrogen) atoms. The second-order valence-corrected chi connectivity index (χ2v) is 6.14. The molecule has 1 aromatic rings. The molecule has 2 aliphatic rings. The molecule has 2 aliphatic heterocycles.